The lowest BCUT2D eigenvalue weighted by molar-refractivity contribution is -0.128. The molecule has 0 aliphatic carbocycles. The average Bonchev–Trinajstić information content (AvgIpc) is 2.80. The number of para-hydroxylation sites is 1. The zero-order valence-electron chi connectivity index (χ0n) is 11.8. The van der Waals surface area contributed by atoms with Crippen LogP contribution >= 0.6 is 0 Å². The monoisotopic (exact) mass is 259 g/mol. The molecule has 102 valence electrons. The molecule has 2 aromatic rings. The summed E-state index contributed by atoms with van der Waals surface area (Å²) in [5, 5.41) is 4.41. The van der Waals surface area contributed by atoms with Gasteiger partial charge in [0.2, 0.25) is 5.91 Å². The number of hydrogen-bond acceptors (Lipinski definition) is 2. The van der Waals surface area contributed by atoms with Crippen molar-refractivity contribution in [3.05, 3.63) is 36.0 Å². The quantitative estimate of drug-likeness (QED) is 0.889. The maximum atomic E-state index is 11.7. The lowest BCUT2D eigenvalue weighted by Crippen LogP contribution is -2.22. The Bertz CT molecular complexity index is 572. The van der Waals surface area contributed by atoms with Gasteiger partial charge in [-0.25, -0.2) is 0 Å². The summed E-state index contributed by atoms with van der Waals surface area (Å²) in [6, 6.07) is 8.42. The second-order valence-electron chi connectivity index (χ2n) is 4.93. The molecule has 0 radical (unpaired) electrons. The highest BCUT2D eigenvalue weighted by Crippen LogP contribution is 2.20. The Morgan fingerprint density at radius 3 is 2.79 bits per heavy atom. The highest BCUT2D eigenvalue weighted by molar-refractivity contribution is 5.83. The Morgan fingerprint density at radius 2 is 2.11 bits per heavy atom. The van der Waals surface area contributed by atoms with Gasteiger partial charge in [-0.3, -0.25) is 4.79 Å². The van der Waals surface area contributed by atoms with E-state index in [1.165, 1.54) is 16.5 Å². The van der Waals surface area contributed by atoms with Crippen LogP contribution < -0.4 is 5.32 Å². The van der Waals surface area contributed by atoms with E-state index in [0.717, 1.165) is 13.1 Å². The summed E-state index contributed by atoms with van der Waals surface area (Å²) in [4.78, 5) is 13.3. The van der Waals surface area contributed by atoms with E-state index in [0.29, 0.717) is 6.42 Å². The first-order valence-electron chi connectivity index (χ1n) is 6.55. The second-order valence-corrected chi connectivity index (χ2v) is 4.93. The summed E-state index contributed by atoms with van der Waals surface area (Å²) >= 11 is 0. The first kappa shape index (κ1) is 13.6. The molecule has 0 bridgehead atoms. The molecule has 4 nitrogen and oxygen atoms in total. The number of nitrogens with one attached hydrogen (secondary N) is 1. The van der Waals surface area contributed by atoms with E-state index in [1.54, 1.807) is 19.0 Å². The number of amides is 1. The molecule has 0 unspecified atom stereocenters. The van der Waals surface area contributed by atoms with Crippen molar-refractivity contribution in [2.45, 2.75) is 19.5 Å². The Labute approximate surface area is 114 Å². The highest BCUT2D eigenvalue weighted by Gasteiger charge is 2.08. The van der Waals surface area contributed by atoms with E-state index in [1.807, 2.05) is 7.05 Å². The third-order valence-electron chi connectivity index (χ3n) is 3.30. The van der Waals surface area contributed by atoms with Gasteiger partial charge in [0.25, 0.3) is 0 Å². The summed E-state index contributed by atoms with van der Waals surface area (Å²) in [5.41, 5.74) is 2.49. The van der Waals surface area contributed by atoms with Gasteiger partial charge >= 0.3 is 0 Å². The standard InChI is InChI=1S/C15H21N3O/c1-16-11-13-6-4-5-12-7-9-18(15(12)13)10-8-14(19)17(2)3/h4-7,9,16H,8,10-11H2,1-3H3. The van der Waals surface area contributed by atoms with Gasteiger partial charge in [-0.15, -0.1) is 0 Å². The molecule has 0 aliphatic rings. The summed E-state index contributed by atoms with van der Waals surface area (Å²) in [5.74, 6) is 0.160. The molecule has 0 spiro atoms. The van der Waals surface area contributed by atoms with Crippen LogP contribution in [0, 0.1) is 0 Å². The molecule has 0 atom stereocenters. The molecule has 1 heterocycles. The van der Waals surface area contributed by atoms with Crippen molar-refractivity contribution in [1.82, 2.24) is 14.8 Å². The van der Waals surface area contributed by atoms with E-state index >= 15 is 0 Å². The van der Waals surface area contributed by atoms with Crippen LogP contribution in [0.2, 0.25) is 0 Å². The molecule has 19 heavy (non-hydrogen) atoms. The van der Waals surface area contributed by atoms with Crippen molar-refractivity contribution in [2.75, 3.05) is 21.1 Å². The Balaban J connectivity index is 2.25. The van der Waals surface area contributed by atoms with Crippen LogP contribution in [0.3, 0.4) is 0 Å². The molecule has 0 saturated heterocycles. The summed E-state index contributed by atoms with van der Waals surface area (Å²) < 4.78 is 2.17. The van der Waals surface area contributed by atoms with Gasteiger partial charge in [-0.1, -0.05) is 18.2 Å². The predicted octanol–water partition coefficient (Wildman–Crippen LogP) is 1.84. The van der Waals surface area contributed by atoms with Crippen molar-refractivity contribution in [3.8, 4) is 0 Å². The molecule has 4 heteroatoms. The Kier molecular flexibility index (Phi) is 4.22. The summed E-state index contributed by atoms with van der Waals surface area (Å²) in [6.07, 6.45) is 2.59. The summed E-state index contributed by atoms with van der Waals surface area (Å²) in [7, 11) is 5.53. The van der Waals surface area contributed by atoms with Crippen molar-refractivity contribution in [1.29, 1.82) is 0 Å². The van der Waals surface area contributed by atoms with E-state index in [2.05, 4.69) is 40.3 Å². The van der Waals surface area contributed by atoms with Crippen LogP contribution in [0.5, 0.6) is 0 Å². The first-order chi connectivity index (χ1) is 9.13. The number of carbonyl (C=O) groups is 1. The maximum absolute atomic E-state index is 11.7. The van der Waals surface area contributed by atoms with Crippen molar-refractivity contribution >= 4 is 16.8 Å². The fourth-order valence-electron chi connectivity index (χ4n) is 2.30. The van der Waals surface area contributed by atoms with Crippen LogP contribution in [0.1, 0.15) is 12.0 Å². The number of nitrogens with zero attached hydrogens (tertiary/aromatic N) is 2. The van der Waals surface area contributed by atoms with Crippen molar-refractivity contribution < 1.29 is 4.79 Å². The zero-order valence-corrected chi connectivity index (χ0v) is 11.8. The topological polar surface area (TPSA) is 37.3 Å². The maximum Gasteiger partial charge on any atom is 0.223 e. The average molecular weight is 259 g/mol. The van der Waals surface area contributed by atoms with Crippen LogP contribution in [-0.4, -0.2) is 36.5 Å². The Hall–Kier alpha value is -1.81. The second kappa shape index (κ2) is 5.89. The van der Waals surface area contributed by atoms with Crippen molar-refractivity contribution in [2.24, 2.45) is 0 Å². The molecule has 0 saturated carbocycles. The minimum Gasteiger partial charge on any atom is -0.349 e. The summed E-state index contributed by atoms with van der Waals surface area (Å²) in [6.45, 7) is 1.56. The van der Waals surface area contributed by atoms with Crippen LogP contribution in [0.25, 0.3) is 10.9 Å². The third-order valence-corrected chi connectivity index (χ3v) is 3.30. The van der Waals surface area contributed by atoms with Gasteiger partial charge in [0.05, 0.1) is 5.52 Å². The van der Waals surface area contributed by atoms with E-state index in [4.69, 9.17) is 0 Å². The smallest absolute Gasteiger partial charge is 0.223 e. The molecule has 1 aromatic carbocycles. The van der Waals surface area contributed by atoms with Gasteiger partial charge in [-0.2, -0.15) is 0 Å². The number of carbonyl (C=O) groups excluding carboxylic acids is 1. The van der Waals surface area contributed by atoms with Crippen LogP contribution in [0.15, 0.2) is 30.5 Å². The fraction of sp³-hybridized carbons (Fsp3) is 0.400. The first-order valence-corrected chi connectivity index (χ1v) is 6.55. The number of rotatable bonds is 5. The fourth-order valence-corrected chi connectivity index (χ4v) is 2.30. The number of benzene rings is 1. The minimum absolute atomic E-state index is 0.160. The normalized spacial score (nSPS) is 10.9. The van der Waals surface area contributed by atoms with E-state index in [-0.39, 0.29) is 5.91 Å². The number of aryl methyl sites for hydroxylation is 1. The minimum atomic E-state index is 0.160. The lowest BCUT2D eigenvalue weighted by atomic mass is 10.1. The predicted molar refractivity (Wildman–Crippen MR) is 78.0 cm³/mol. The SMILES string of the molecule is CNCc1cccc2ccn(CCC(=O)N(C)C)c12. The molecule has 1 aromatic heterocycles. The molecule has 0 fully saturated rings. The molecule has 1 amide bonds. The number of fused-ring (bicyclic) bond motifs is 1. The van der Waals surface area contributed by atoms with E-state index in [9.17, 15) is 4.79 Å². The van der Waals surface area contributed by atoms with Gasteiger partial charge < -0.3 is 14.8 Å². The number of aromatic nitrogens is 1. The Morgan fingerprint density at radius 1 is 1.32 bits per heavy atom. The van der Waals surface area contributed by atoms with Gasteiger partial charge in [0.1, 0.15) is 0 Å². The lowest BCUT2D eigenvalue weighted by Gasteiger charge is -2.12. The van der Waals surface area contributed by atoms with Crippen LogP contribution in [0.4, 0.5) is 0 Å². The molecular weight excluding hydrogens is 238 g/mol. The number of hydrogen-bond donors (Lipinski definition) is 1. The van der Waals surface area contributed by atoms with Gasteiger partial charge in [0.15, 0.2) is 0 Å². The molecule has 1 N–H and O–H groups in total. The third kappa shape index (κ3) is 2.96. The zero-order chi connectivity index (χ0) is 13.8. The molecule has 0 aliphatic heterocycles. The highest BCUT2D eigenvalue weighted by atomic mass is 16.2. The van der Waals surface area contributed by atoms with Gasteiger partial charge in [0, 0.05) is 39.8 Å². The largest absolute Gasteiger partial charge is 0.349 e. The van der Waals surface area contributed by atoms with Gasteiger partial charge in [-0.05, 0) is 24.1 Å². The van der Waals surface area contributed by atoms with E-state index < -0.39 is 0 Å². The van der Waals surface area contributed by atoms with Crippen molar-refractivity contribution in [3.63, 3.8) is 0 Å². The molecular formula is C15H21N3O. The molecule has 2 rings (SSSR count). The van der Waals surface area contributed by atoms with Crippen LogP contribution in [-0.2, 0) is 17.9 Å².